The number of benzene rings is 4. The van der Waals surface area contributed by atoms with E-state index in [0.29, 0.717) is 41.4 Å². The number of hydrogen-bond donors (Lipinski definition) is 3. The van der Waals surface area contributed by atoms with Crippen LogP contribution in [0.15, 0.2) is 102 Å². The lowest BCUT2D eigenvalue weighted by atomic mass is 9.90. The fourth-order valence-corrected chi connectivity index (χ4v) is 6.30. The van der Waals surface area contributed by atoms with Crippen molar-refractivity contribution >= 4 is 29.1 Å². The third-order valence-electron chi connectivity index (χ3n) is 7.54. The first-order valence-electron chi connectivity index (χ1n) is 14.3. The first-order chi connectivity index (χ1) is 20.8. The number of hydrogen-bond acceptors (Lipinski definition) is 7. The molecule has 5 atom stereocenters. The zero-order valence-electron chi connectivity index (χ0n) is 23.8. The minimum Gasteiger partial charge on any atom is -0.494 e. The van der Waals surface area contributed by atoms with Gasteiger partial charge in [-0.2, -0.15) is 0 Å². The van der Waals surface area contributed by atoms with E-state index in [2.05, 4.69) is 0 Å². The minimum absolute atomic E-state index is 0.0585. The van der Waals surface area contributed by atoms with Crippen LogP contribution in [0.1, 0.15) is 45.6 Å². The summed E-state index contributed by atoms with van der Waals surface area (Å²) in [6.45, 7) is 2.54. The van der Waals surface area contributed by atoms with E-state index in [-0.39, 0.29) is 5.78 Å². The van der Waals surface area contributed by atoms with Gasteiger partial charge >= 0.3 is 0 Å². The van der Waals surface area contributed by atoms with Gasteiger partial charge in [0, 0.05) is 27.7 Å². The third-order valence-corrected chi connectivity index (χ3v) is 9.01. The molecule has 0 bridgehead atoms. The Bertz CT molecular complexity index is 1500. The molecule has 0 aliphatic carbocycles. The monoisotopic (exact) mass is 618 g/mol. The molecule has 1 aliphatic heterocycles. The van der Waals surface area contributed by atoms with E-state index in [1.807, 2.05) is 91.9 Å². The van der Waals surface area contributed by atoms with Crippen LogP contribution in [0, 0.1) is 0 Å². The van der Waals surface area contributed by atoms with Gasteiger partial charge in [0.25, 0.3) is 0 Å². The summed E-state index contributed by atoms with van der Waals surface area (Å²) < 4.78 is 11.7. The van der Waals surface area contributed by atoms with Crippen molar-refractivity contribution < 1.29 is 29.6 Å². The number of carbonyl (C=O) groups excluding carboxylic acids is 1. The molecule has 1 heterocycles. The maximum absolute atomic E-state index is 12.5. The van der Waals surface area contributed by atoms with Crippen molar-refractivity contribution in [1.29, 1.82) is 0 Å². The molecule has 5 rings (SSSR count). The molecule has 224 valence electrons. The fourth-order valence-electron chi connectivity index (χ4n) is 5.15. The van der Waals surface area contributed by atoms with Crippen molar-refractivity contribution in [3.63, 3.8) is 0 Å². The van der Waals surface area contributed by atoms with E-state index in [9.17, 15) is 20.1 Å². The second-order valence-corrected chi connectivity index (χ2v) is 12.1. The highest BCUT2D eigenvalue weighted by Gasteiger charge is 2.44. The molecule has 0 aromatic heterocycles. The number of rotatable bonds is 11. The summed E-state index contributed by atoms with van der Waals surface area (Å²) in [5.74, 6) is 1.22. The molecule has 0 radical (unpaired) electrons. The largest absolute Gasteiger partial charge is 0.494 e. The number of Topliss-reactive ketones (excluding diaryl/α,β-unsaturated/α-hetero) is 1. The van der Waals surface area contributed by atoms with E-state index in [1.165, 1.54) is 11.8 Å². The van der Waals surface area contributed by atoms with Crippen molar-refractivity contribution in [3.8, 4) is 5.75 Å². The van der Waals surface area contributed by atoms with Gasteiger partial charge in [-0.1, -0.05) is 78.3 Å². The fraction of sp³-hybridized carbons (Fsp3) is 0.286. The number of halogens is 1. The molecule has 1 saturated heterocycles. The van der Waals surface area contributed by atoms with Crippen molar-refractivity contribution in [2.24, 2.45) is 0 Å². The Morgan fingerprint density at radius 3 is 2.26 bits per heavy atom. The van der Waals surface area contributed by atoms with E-state index in [4.69, 9.17) is 21.1 Å². The summed E-state index contributed by atoms with van der Waals surface area (Å²) >= 11 is 8.00. The second-order valence-electron chi connectivity index (χ2n) is 10.6. The summed E-state index contributed by atoms with van der Waals surface area (Å²) in [6.07, 6.45) is -4.62. The zero-order chi connectivity index (χ0) is 30.3. The average molecular weight is 619 g/mol. The highest BCUT2D eigenvalue weighted by molar-refractivity contribution is 7.99. The quantitative estimate of drug-likeness (QED) is 0.139. The Kier molecular flexibility index (Phi) is 10.6. The second kappa shape index (κ2) is 14.5. The number of carbonyl (C=O) groups is 1. The van der Waals surface area contributed by atoms with Crippen LogP contribution in [-0.2, 0) is 17.6 Å². The average Bonchev–Trinajstić information content (AvgIpc) is 3.03. The first kappa shape index (κ1) is 31.3. The summed E-state index contributed by atoms with van der Waals surface area (Å²) in [7, 11) is 0. The zero-order valence-corrected chi connectivity index (χ0v) is 25.4. The number of thioether (sulfide) groups is 1. The van der Waals surface area contributed by atoms with E-state index in [1.54, 1.807) is 12.1 Å². The third kappa shape index (κ3) is 7.87. The van der Waals surface area contributed by atoms with Crippen molar-refractivity contribution in [1.82, 2.24) is 0 Å². The minimum atomic E-state index is -1.37. The lowest BCUT2D eigenvalue weighted by molar-refractivity contribution is -0.218. The lowest BCUT2D eigenvalue weighted by Gasteiger charge is -2.41. The molecule has 4 aromatic carbocycles. The Labute approximate surface area is 261 Å². The van der Waals surface area contributed by atoms with Gasteiger partial charge in [0.05, 0.1) is 12.7 Å². The van der Waals surface area contributed by atoms with E-state index < -0.39 is 30.5 Å². The van der Waals surface area contributed by atoms with E-state index >= 15 is 0 Å². The SMILES string of the molecule is CCOc1ccc(Cc2cc([C@@H]3O[C@H](CSc4ccc(CC(=O)c5ccccc5)cc4)[C@@H](O)[C@H](O)[C@H]3O)ccc2Cl)cc1. The maximum atomic E-state index is 12.5. The van der Waals surface area contributed by atoms with Crippen molar-refractivity contribution in [2.45, 2.75) is 55.2 Å². The maximum Gasteiger partial charge on any atom is 0.167 e. The van der Waals surface area contributed by atoms with Crippen molar-refractivity contribution in [2.75, 3.05) is 12.4 Å². The van der Waals surface area contributed by atoms with Gasteiger partial charge < -0.3 is 24.8 Å². The van der Waals surface area contributed by atoms with Crippen LogP contribution in [-0.4, -0.2) is 57.9 Å². The van der Waals surface area contributed by atoms with Crippen molar-refractivity contribution in [3.05, 3.63) is 130 Å². The van der Waals surface area contributed by atoms with Gasteiger partial charge in [0.2, 0.25) is 0 Å². The summed E-state index contributed by atoms with van der Waals surface area (Å²) in [4.78, 5) is 13.5. The van der Waals surface area contributed by atoms with E-state index in [0.717, 1.165) is 27.3 Å². The molecule has 43 heavy (non-hydrogen) atoms. The summed E-state index contributed by atoms with van der Waals surface area (Å²) in [6, 6.07) is 30.2. The van der Waals surface area contributed by atoms with Gasteiger partial charge in [-0.05, 0) is 65.9 Å². The lowest BCUT2D eigenvalue weighted by Crippen LogP contribution is -2.54. The Morgan fingerprint density at radius 2 is 1.56 bits per heavy atom. The first-order valence-corrected chi connectivity index (χ1v) is 15.7. The Morgan fingerprint density at radius 1 is 0.860 bits per heavy atom. The molecule has 0 amide bonds. The predicted octanol–water partition coefficient (Wildman–Crippen LogP) is 6.07. The van der Waals surface area contributed by atoms with Crippen LogP contribution in [0.4, 0.5) is 0 Å². The van der Waals surface area contributed by atoms with Gasteiger partial charge in [-0.15, -0.1) is 11.8 Å². The summed E-state index contributed by atoms with van der Waals surface area (Å²) in [5, 5.41) is 32.9. The smallest absolute Gasteiger partial charge is 0.167 e. The molecule has 0 saturated carbocycles. The van der Waals surface area contributed by atoms with Gasteiger partial charge in [-0.3, -0.25) is 4.79 Å². The number of ketones is 1. The molecule has 8 heteroatoms. The van der Waals surface area contributed by atoms with Crippen LogP contribution in [0.25, 0.3) is 0 Å². The van der Waals surface area contributed by atoms with Crippen LogP contribution in [0.5, 0.6) is 5.75 Å². The van der Waals surface area contributed by atoms with Crippen LogP contribution >= 0.6 is 23.4 Å². The molecule has 1 aliphatic rings. The summed E-state index contributed by atoms with van der Waals surface area (Å²) in [5.41, 5.74) is 4.17. The number of aliphatic hydroxyl groups is 3. The highest BCUT2D eigenvalue weighted by atomic mass is 35.5. The predicted molar refractivity (Wildman–Crippen MR) is 169 cm³/mol. The van der Waals surface area contributed by atoms with Crippen LogP contribution < -0.4 is 4.74 Å². The van der Waals surface area contributed by atoms with Crippen LogP contribution in [0.2, 0.25) is 5.02 Å². The number of aliphatic hydroxyl groups excluding tert-OH is 3. The molecule has 3 N–H and O–H groups in total. The van der Waals surface area contributed by atoms with Crippen LogP contribution in [0.3, 0.4) is 0 Å². The topological polar surface area (TPSA) is 96.2 Å². The number of ether oxygens (including phenoxy) is 2. The Balaban J connectivity index is 1.23. The van der Waals surface area contributed by atoms with Gasteiger partial charge in [-0.25, -0.2) is 0 Å². The molecular formula is C35H35ClO6S. The normalized spacial score (nSPS) is 21.8. The molecular weight excluding hydrogens is 584 g/mol. The van der Waals surface area contributed by atoms with Gasteiger partial charge in [0.1, 0.15) is 30.2 Å². The molecule has 4 aromatic rings. The van der Waals surface area contributed by atoms with Gasteiger partial charge in [0.15, 0.2) is 5.78 Å². The molecule has 0 unspecified atom stereocenters. The molecule has 0 spiro atoms. The highest BCUT2D eigenvalue weighted by Crippen LogP contribution is 2.36. The molecule has 1 fully saturated rings. The Hall–Kier alpha value is -3.17. The standard InChI is InChI=1S/C35H35ClO6S/c1-2-41-27-13-8-22(9-14-27)18-26-20-25(12-17-29(26)36)35-34(40)33(39)32(38)31(42-35)21-43-28-15-10-23(11-16-28)19-30(37)24-6-4-3-5-7-24/h3-17,20,31-35,38-40H,2,18-19,21H2,1H3/t31-,32-,33+,34-,35+/m1/s1. The molecule has 6 nitrogen and oxygen atoms in total.